The van der Waals surface area contributed by atoms with Crippen LogP contribution < -0.4 is 21.3 Å². The second-order valence-corrected chi connectivity index (χ2v) is 8.98. The molecule has 3 atom stereocenters. The molecular formula is C26H33F3N4O4. The molecule has 11 heteroatoms. The van der Waals surface area contributed by atoms with Gasteiger partial charge in [-0.2, -0.15) is 13.2 Å². The Labute approximate surface area is 214 Å². The third kappa shape index (κ3) is 9.51. The van der Waals surface area contributed by atoms with Gasteiger partial charge in [0.2, 0.25) is 11.8 Å². The maximum Gasteiger partial charge on any atom is 0.416 e. The Balaban J connectivity index is 2.01. The van der Waals surface area contributed by atoms with Gasteiger partial charge in [0.05, 0.1) is 24.3 Å². The van der Waals surface area contributed by atoms with Crippen molar-refractivity contribution in [1.82, 2.24) is 21.3 Å². The van der Waals surface area contributed by atoms with Gasteiger partial charge in [-0.25, -0.2) is 0 Å². The fourth-order valence-electron chi connectivity index (χ4n) is 3.39. The highest BCUT2D eigenvalue weighted by Crippen LogP contribution is 2.29. The maximum atomic E-state index is 12.9. The van der Waals surface area contributed by atoms with Gasteiger partial charge in [-0.1, -0.05) is 29.8 Å². The molecule has 0 radical (unpaired) electrons. The average molecular weight is 523 g/mol. The minimum Gasteiger partial charge on any atom is -0.391 e. The molecule has 2 aromatic carbocycles. The Hall–Kier alpha value is -3.44. The summed E-state index contributed by atoms with van der Waals surface area (Å²) in [5, 5.41) is 20.2. The molecule has 0 bridgehead atoms. The third-order valence-corrected chi connectivity index (χ3v) is 5.77. The van der Waals surface area contributed by atoms with Crippen LogP contribution in [0.1, 0.15) is 46.5 Å². The van der Waals surface area contributed by atoms with Crippen molar-refractivity contribution in [2.75, 3.05) is 13.1 Å². The molecule has 0 heterocycles. The van der Waals surface area contributed by atoms with Gasteiger partial charge < -0.3 is 26.4 Å². The first kappa shape index (κ1) is 29.8. The van der Waals surface area contributed by atoms with Crippen molar-refractivity contribution in [2.45, 2.75) is 58.6 Å². The van der Waals surface area contributed by atoms with E-state index in [0.29, 0.717) is 12.6 Å². The van der Waals surface area contributed by atoms with Gasteiger partial charge in [-0.05, 0) is 57.0 Å². The zero-order chi connectivity index (χ0) is 27.8. The van der Waals surface area contributed by atoms with E-state index in [-0.39, 0.29) is 12.1 Å². The number of aryl methyl sites for hydroxylation is 2. The molecule has 0 aliphatic rings. The topological polar surface area (TPSA) is 120 Å². The number of amides is 3. The predicted octanol–water partition coefficient (Wildman–Crippen LogP) is 2.21. The number of rotatable bonds is 11. The van der Waals surface area contributed by atoms with Gasteiger partial charge >= 0.3 is 6.18 Å². The molecule has 37 heavy (non-hydrogen) atoms. The summed E-state index contributed by atoms with van der Waals surface area (Å²) < 4.78 is 38.7. The Morgan fingerprint density at radius 2 is 1.70 bits per heavy atom. The summed E-state index contributed by atoms with van der Waals surface area (Å²) in [5.74, 6) is -2.12. The van der Waals surface area contributed by atoms with E-state index in [9.17, 15) is 32.7 Å². The van der Waals surface area contributed by atoms with Gasteiger partial charge in [0.15, 0.2) is 0 Å². The van der Waals surface area contributed by atoms with E-state index in [2.05, 4.69) is 21.3 Å². The van der Waals surface area contributed by atoms with Crippen LogP contribution in [0.25, 0.3) is 0 Å². The van der Waals surface area contributed by atoms with Crippen molar-refractivity contribution >= 4 is 17.7 Å². The number of carbonyl (C=O) groups excluding carboxylic acids is 3. The van der Waals surface area contributed by atoms with Gasteiger partial charge in [0.1, 0.15) is 6.04 Å². The Kier molecular flexibility index (Phi) is 10.6. The van der Waals surface area contributed by atoms with Crippen LogP contribution in [-0.4, -0.2) is 54.1 Å². The van der Waals surface area contributed by atoms with Gasteiger partial charge in [0.25, 0.3) is 5.91 Å². The summed E-state index contributed by atoms with van der Waals surface area (Å²) in [5.41, 5.74) is 1.96. The molecule has 2 unspecified atom stereocenters. The number of alkyl halides is 3. The van der Waals surface area contributed by atoms with Crippen molar-refractivity contribution in [1.29, 1.82) is 0 Å². The van der Waals surface area contributed by atoms with Crippen LogP contribution in [0.15, 0.2) is 42.5 Å². The molecule has 202 valence electrons. The molecular weight excluding hydrogens is 489 g/mol. The Bertz CT molecular complexity index is 1110. The zero-order valence-electron chi connectivity index (χ0n) is 21.2. The van der Waals surface area contributed by atoms with E-state index in [4.69, 9.17) is 0 Å². The number of hydrogen-bond acceptors (Lipinski definition) is 5. The largest absolute Gasteiger partial charge is 0.416 e. The molecule has 0 saturated carbocycles. The fourth-order valence-corrected chi connectivity index (χ4v) is 3.39. The maximum absolute atomic E-state index is 12.9. The van der Waals surface area contributed by atoms with E-state index in [1.807, 2.05) is 32.0 Å². The first-order valence-electron chi connectivity index (χ1n) is 11.8. The standard InChI is InChI=1S/C26H33F3N4O4/c1-15-8-9-20(16(2)10-15)12-30-13-22(25(37)32-17(3)18(4)34)33-23(35)14-31-24(36)19-6-5-7-21(11-19)26(27,28)29/h5-11,17-18,22,30,34H,12-14H2,1-4H3,(H,31,36)(H,32,37)(H,33,35)/t17?,18?,22-/m0/s1. The number of aliphatic hydroxyl groups is 1. The van der Waals surface area contributed by atoms with Crippen LogP contribution in [-0.2, 0) is 22.3 Å². The van der Waals surface area contributed by atoms with E-state index in [1.54, 1.807) is 6.92 Å². The molecule has 2 rings (SSSR count). The number of hydrogen-bond donors (Lipinski definition) is 5. The molecule has 0 fully saturated rings. The van der Waals surface area contributed by atoms with Crippen LogP contribution in [0, 0.1) is 13.8 Å². The summed E-state index contributed by atoms with van der Waals surface area (Å²) >= 11 is 0. The van der Waals surface area contributed by atoms with Crippen LogP contribution in [0.3, 0.4) is 0 Å². The third-order valence-electron chi connectivity index (χ3n) is 5.77. The van der Waals surface area contributed by atoms with Crippen LogP contribution in [0.5, 0.6) is 0 Å². The minimum absolute atomic E-state index is 0.0546. The van der Waals surface area contributed by atoms with E-state index in [0.717, 1.165) is 28.8 Å². The molecule has 0 aliphatic heterocycles. The number of halogens is 3. The lowest BCUT2D eigenvalue weighted by atomic mass is 10.1. The zero-order valence-corrected chi connectivity index (χ0v) is 21.2. The Morgan fingerprint density at radius 1 is 1.00 bits per heavy atom. The molecule has 3 amide bonds. The highest BCUT2D eigenvalue weighted by molar-refractivity contribution is 5.97. The predicted molar refractivity (Wildman–Crippen MR) is 133 cm³/mol. The number of aliphatic hydroxyl groups excluding tert-OH is 1. The molecule has 2 aromatic rings. The summed E-state index contributed by atoms with van der Waals surface area (Å²) in [6, 6.07) is 8.18. The highest BCUT2D eigenvalue weighted by Gasteiger charge is 2.31. The normalized spacial score (nSPS) is 13.8. The second kappa shape index (κ2) is 13.2. The fraction of sp³-hybridized carbons (Fsp3) is 0.423. The smallest absolute Gasteiger partial charge is 0.391 e. The summed E-state index contributed by atoms with van der Waals surface area (Å²) in [7, 11) is 0. The lowest BCUT2D eigenvalue weighted by molar-refractivity contribution is -0.137. The van der Waals surface area contributed by atoms with Crippen molar-refractivity contribution in [3.63, 3.8) is 0 Å². The first-order chi connectivity index (χ1) is 17.3. The number of benzene rings is 2. The van der Waals surface area contributed by atoms with Crippen molar-refractivity contribution < 1.29 is 32.7 Å². The molecule has 0 aromatic heterocycles. The summed E-state index contributed by atoms with van der Waals surface area (Å²) in [4.78, 5) is 37.5. The van der Waals surface area contributed by atoms with E-state index in [1.165, 1.54) is 13.0 Å². The molecule has 0 spiro atoms. The van der Waals surface area contributed by atoms with Crippen molar-refractivity contribution in [2.24, 2.45) is 0 Å². The number of nitrogens with one attached hydrogen (secondary N) is 4. The van der Waals surface area contributed by atoms with Crippen LogP contribution in [0.4, 0.5) is 13.2 Å². The molecule has 8 nitrogen and oxygen atoms in total. The van der Waals surface area contributed by atoms with Crippen LogP contribution >= 0.6 is 0 Å². The van der Waals surface area contributed by atoms with Gasteiger partial charge in [-0.15, -0.1) is 0 Å². The SMILES string of the molecule is Cc1ccc(CNC[C@H](NC(=O)CNC(=O)c2cccc(C(F)(F)F)c2)C(=O)NC(C)C(C)O)c(C)c1. The summed E-state index contributed by atoms with van der Waals surface area (Å²) in [6.07, 6.45) is -5.43. The van der Waals surface area contributed by atoms with Crippen LogP contribution in [0.2, 0.25) is 0 Å². The van der Waals surface area contributed by atoms with Crippen molar-refractivity contribution in [3.8, 4) is 0 Å². The summed E-state index contributed by atoms with van der Waals surface area (Å²) in [6.45, 7) is 7.01. The molecule has 0 aliphatic carbocycles. The van der Waals surface area contributed by atoms with Gasteiger partial charge in [0, 0.05) is 18.7 Å². The lowest BCUT2D eigenvalue weighted by Crippen LogP contribution is -2.56. The van der Waals surface area contributed by atoms with E-state index < -0.39 is 54.2 Å². The second-order valence-electron chi connectivity index (χ2n) is 8.98. The van der Waals surface area contributed by atoms with Crippen molar-refractivity contribution in [3.05, 3.63) is 70.3 Å². The highest BCUT2D eigenvalue weighted by atomic mass is 19.4. The van der Waals surface area contributed by atoms with Gasteiger partial charge in [-0.3, -0.25) is 14.4 Å². The minimum atomic E-state index is -4.61. The Morgan fingerprint density at radius 3 is 2.32 bits per heavy atom. The average Bonchev–Trinajstić information content (AvgIpc) is 2.82. The van der Waals surface area contributed by atoms with E-state index >= 15 is 0 Å². The monoisotopic (exact) mass is 522 g/mol. The quantitative estimate of drug-likeness (QED) is 0.310. The first-order valence-corrected chi connectivity index (χ1v) is 11.8. The lowest BCUT2D eigenvalue weighted by Gasteiger charge is -2.23. The number of carbonyl (C=O) groups is 3. The molecule has 0 saturated heterocycles. The molecule has 5 N–H and O–H groups in total.